The van der Waals surface area contributed by atoms with E-state index in [1.54, 1.807) is 0 Å². The zero-order valence-corrected chi connectivity index (χ0v) is 5.62. The Balaban J connectivity index is 2.68. The van der Waals surface area contributed by atoms with Crippen LogP contribution in [-0.2, 0) is 9.59 Å². The molecule has 0 spiro atoms. The fourth-order valence-electron chi connectivity index (χ4n) is 1.32. The number of aldehydes is 2. The van der Waals surface area contributed by atoms with Gasteiger partial charge in [-0.25, -0.2) is 0 Å². The summed E-state index contributed by atoms with van der Waals surface area (Å²) in [6.45, 7) is 0. The quantitative estimate of drug-likeness (QED) is 0.433. The smallest absolute Gasteiger partial charge is 0.133 e. The van der Waals surface area contributed by atoms with Crippen molar-refractivity contribution in [3.8, 4) is 0 Å². The van der Waals surface area contributed by atoms with Crippen LogP contribution in [0.3, 0.4) is 0 Å². The summed E-state index contributed by atoms with van der Waals surface area (Å²) in [5, 5.41) is 9.01. The van der Waals surface area contributed by atoms with E-state index in [-0.39, 0.29) is 0 Å². The lowest BCUT2D eigenvalue weighted by molar-refractivity contribution is -0.126. The summed E-state index contributed by atoms with van der Waals surface area (Å²) in [4.78, 5) is 20.7. The van der Waals surface area contributed by atoms with Crippen molar-refractivity contribution in [2.75, 3.05) is 0 Å². The average molecular weight is 142 g/mol. The van der Waals surface area contributed by atoms with E-state index in [2.05, 4.69) is 0 Å². The largest absolute Gasteiger partial charge is 0.393 e. The van der Waals surface area contributed by atoms with Crippen LogP contribution in [0.25, 0.3) is 0 Å². The molecule has 0 bridgehead atoms. The zero-order chi connectivity index (χ0) is 7.61. The van der Waals surface area contributed by atoms with Crippen LogP contribution in [0.15, 0.2) is 0 Å². The highest BCUT2D eigenvalue weighted by molar-refractivity contribution is 5.84. The van der Waals surface area contributed by atoms with Crippen molar-refractivity contribution in [3.63, 3.8) is 0 Å². The highest BCUT2D eigenvalue weighted by atomic mass is 16.3. The molecule has 1 N–H and O–H groups in total. The normalized spacial score (nSPS) is 29.9. The van der Waals surface area contributed by atoms with Crippen molar-refractivity contribution in [1.29, 1.82) is 0 Å². The number of carbonyl (C=O) groups excluding carboxylic acids is 2. The molecule has 0 radical (unpaired) electrons. The van der Waals surface area contributed by atoms with E-state index < -0.39 is 11.5 Å². The first-order valence-corrected chi connectivity index (χ1v) is 3.33. The molecular weight excluding hydrogens is 132 g/mol. The lowest BCUT2D eigenvalue weighted by atomic mass is 9.90. The maximum Gasteiger partial charge on any atom is 0.133 e. The van der Waals surface area contributed by atoms with Gasteiger partial charge in [0.15, 0.2) is 0 Å². The van der Waals surface area contributed by atoms with E-state index in [4.69, 9.17) is 5.11 Å². The van der Waals surface area contributed by atoms with E-state index >= 15 is 0 Å². The van der Waals surface area contributed by atoms with Crippen LogP contribution >= 0.6 is 0 Å². The van der Waals surface area contributed by atoms with Gasteiger partial charge >= 0.3 is 0 Å². The molecule has 3 heteroatoms. The van der Waals surface area contributed by atoms with E-state index in [9.17, 15) is 9.59 Å². The van der Waals surface area contributed by atoms with Gasteiger partial charge < -0.3 is 14.7 Å². The van der Waals surface area contributed by atoms with Crippen molar-refractivity contribution in [2.45, 2.75) is 25.4 Å². The second-order valence-electron chi connectivity index (χ2n) is 2.87. The van der Waals surface area contributed by atoms with Crippen LogP contribution in [0.5, 0.6) is 0 Å². The summed E-state index contributed by atoms with van der Waals surface area (Å²) in [7, 11) is 0. The molecule has 1 fully saturated rings. The molecule has 0 aliphatic heterocycles. The van der Waals surface area contributed by atoms with Crippen LogP contribution < -0.4 is 0 Å². The van der Waals surface area contributed by atoms with Crippen molar-refractivity contribution < 1.29 is 14.7 Å². The molecule has 0 aromatic carbocycles. The summed E-state index contributed by atoms with van der Waals surface area (Å²) in [6, 6.07) is 0. The van der Waals surface area contributed by atoms with Crippen LogP contribution in [-0.4, -0.2) is 23.8 Å². The minimum Gasteiger partial charge on any atom is -0.393 e. The van der Waals surface area contributed by atoms with Gasteiger partial charge in [0.2, 0.25) is 0 Å². The van der Waals surface area contributed by atoms with E-state index in [1.165, 1.54) is 0 Å². The Morgan fingerprint density at radius 2 is 2.00 bits per heavy atom. The molecule has 0 aromatic rings. The molecule has 0 aromatic heterocycles. The van der Waals surface area contributed by atoms with Gasteiger partial charge in [-0.3, -0.25) is 0 Å². The first-order valence-electron chi connectivity index (χ1n) is 3.33. The van der Waals surface area contributed by atoms with Gasteiger partial charge in [-0.05, 0) is 19.3 Å². The monoisotopic (exact) mass is 142 g/mol. The third kappa shape index (κ3) is 1.09. The van der Waals surface area contributed by atoms with Gasteiger partial charge in [0.25, 0.3) is 0 Å². The first-order chi connectivity index (χ1) is 4.72. The standard InChI is InChI=1S/C7H10O3/c8-4-7(5-9)2-1-6(10)3-7/h4-6,10H,1-3H2. The summed E-state index contributed by atoms with van der Waals surface area (Å²) in [5.74, 6) is 0. The Bertz CT molecular complexity index is 145. The maximum absolute atomic E-state index is 10.4. The Kier molecular flexibility index (Phi) is 1.85. The molecule has 10 heavy (non-hydrogen) atoms. The number of hydrogen-bond acceptors (Lipinski definition) is 3. The van der Waals surface area contributed by atoms with Crippen LogP contribution in [0.2, 0.25) is 0 Å². The molecule has 3 nitrogen and oxygen atoms in total. The molecule has 0 heterocycles. The number of rotatable bonds is 2. The second kappa shape index (κ2) is 2.50. The number of aliphatic hydroxyl groups is 1. The molecule has 1 aliphatic rings. The highest BCUT2D eigenvalue weighted by Crippen LogP contribution is 2.34. The molecule has 1 aliphatic carbocycles. The van der Waals surface area contributed by atoms with Gasteiger partial charge in [0, 0.05) is 0 Å². The molecular formula is C7H10O3. The minimum absolute atomic E-state index is 0.306. The van der Waals surface area contributed by atoms with Crippen molar-refractivity contribution in [1.82, 2.24) is 0 Å². The predicted molar refractivity (Wildman–Crippen MR) is 34.4 cm³/mol. The van der Waals surface area contributed by atoms with E-state index in [0.717, 1.165) is 0 Å². The third-order valence-electron chi connectivity index (χ3n) is 2.03. The minimum atomic E-state index is -0.862. The number of aliphatic hydroxyl groups excluding tert-OH is 1. The van der Waals surface area contributed by atoms with Crippen molar-refractivity contribution >= 4 is 12.6 Å². The predicted octanol–water partition coefficient (Wildman–Crippen LogP) is -0.0846. The molecule has 1 saturated carbocycles. The summed E-state index contributed by atoms with van der Waals surface area (Å²) >= 11 is 0. The summed E-state index contributed by atoms with van der Waals surface area (Å²) in [5.41, 5.74) is -0.862. The van der Waals surface area contributed by atoms with Gasteiger partial charge in [0.1, 0.15) is 12.6 Å². The molecule has 56 valence electrons. The van der Waals surface area contributed by atoms with Crippen LogP contribution in [0.4, 0.5) is 0 Å². The van der Waals surface area contributed by atoms with E-state index in [0.29, 0.717) is 31.8 Å². The lowest BCUT2D eigenvalue weighted by Gasteiger charge is -2.10. The fraction of sp³-hybridized carbons (Fsp3) is 0.714. The summed E-state index contributed by atoms with van der Waals surface area (Å²) < 4.78 is 0. The van der Waals surface area contributed by atoms with E-state index in [1.807, 2.05) is 0 Å². The second-order valence-corrected chi connectivity index (χ2v) is 2.87. The first kappa shape index (κ1) is 7.41. The Morgan fingerprint density at radius 3 is 2.20 bits per heavy atom. The van der Waals surface area contributed by atoms with Gasteiger partial charge in [-0.2, -0.15) is 0 Å². The Hall–Kier alpha value is -0.700. The van der Waals surface area contributed by atoms with Crippen LogP contribution in [0.1, 0.15) is 19.3 Å². The van der Waals surface area contributed by atoms with Gasteiger partial charge in [0.05, 0.1) is 11.5 Å². The maximum atomic E-state index is 10.4. The number of hydrogen-bond donors (Lipinski definition) is 1. The molecule has 1 rings (SSSR count). The zero-order valence-electron chi connectivity index (χ0n) is 5.62. The fourth-order valence-corrected chi connectivity index (χ4v) is 1.32. The molecule has 0 saturated heterocycles. The molecule has 0 amide bonds. The highest BCUT2D eigenvalue weighted by Gasteiger charge is 2.37. The summed E-state index contributed by atoms with van der Waals surface area (Å²) in [6.07, 6.45) is 2.21. The van der Waals surface area contributed by atoms with Crippen molar-refractivity contribution in [3.05, 3.63) is 0 Å². The third-order valence-corrected chi connectivity index (χ3v) is 2.03. The molecule has 1 atom stereocenters. The van der Waals surface area contributed by atoms with Gasteiger partial charge in [-0.1, -0.05) is 0 Å². The van der Waals surface area contributed by atoms with Crippen molar-refractivity contribution in [2.24, 2.45) is 5.41 Å². The van der Waals surface area contributed by atoms with Crippen LogP contribution in [0, 0.1) is 5.41 Å². The average Bonchev–Trinajstić information content (AvgIpc) is 2.33. The Morgan fingerprint density at radius 1 is 1.40 bits per heavy atom. The SMILES string of the molecule is O=CC1(C=O)CCC(O)C1. The Labute approximate surface area is 59.0 Å². The topological polar surface area (TPSA) is 54.4 Å². The lowest BCUT2D eigenvalue weighted by Crippen LogP contribution is -2.21. The molecule has 1 unspecified atom stereocenters. The number of carbonyl (C=O) groups is 2. The van der Waals surface area contributed by atoms with Gasteiger partial charge in [-0.15, -0.1) is 0 Å².